The molecular weight excluding hydrogens is 380 g/mol. The summed E-state index contributed by atoms with van der Waals surface area (Å²) in [6, 6.07) is 14.1. The van der Waals surface area contributed by atoms with Gasteiger partial charge in [0.2, 0.25) is 0 Å². The summed E-state index contributed by atoms with van der Waals surface area (Å²) in [4.78, 5) is 6.98. The quantitative estimate of drug-likeness (QED) is 0.487. The van der Waals surface area contributed by atoms with Crippen LogP contribution in [0.3, 0.4) is 0 Å². The first-order valence-corrected chi connectivity index (χ1v) is 10.3. The van der Waals surface area contributed by atoms with Crippen molar-refractivity contribution in [2.45, 2.75) is 25.4 Å². The maximum absolute atomic E-state index is 6.18. The lowest BCUT2D eigenvalue weighted by atomic mass is 10.0. The summed E-state index contributed by atoms with van der Waals surface area (Å²) in [5, 5.41) is 3.31. The van der Waals surface area contributed by atoms with Gasteiger partial charge >= 0.3 is 0 Å². The summed E-state index contributed by atoms with van der Waals surface area (Å²) in [5.41, 5.74) is 8.34. The number of nitrogens with zero attached hydrogens (tertiary/aromatic N) is 2. The molecule has 0 aromatic heterocycles. The zero-order valence-electron chi connectivity index (χ0n) is 18.1. The summed E-state index contributed by atoms with van der Waals surface area (Å²) in [7, 11) is 4.96. The van der Waals surface area contributed by atoms with Crippen LogP contribution in [0.25, 0.3) is 0 Å². The van der Waals surface area contributed by atoms with E-state index < -0.39 is 0 Å². The first-order chi connectivity index (χ1) is 14.7. The summed E-state index contributed by atoms with van der Waals surface area (Å²) in [5.74, 6) is 2.70. The number of likely N-dealkylation sites (tertiary alicyclic amines) is 1. The number of para-hydroxylation sites is 1. The van der Waals surface area contributed by atoms with E-state index >= 15 is 0 Å². The number of rotatable bonds is 9. The van der Waals surface area contributed by atoms with Gasteiger partial charge in [-0.3, -0.25) is 4.90 Å². The van der Waals surface area contributed by atoms with Gasteiger partial charge in [0.25, 0.3) is 0 Å². The van der Waals surface area contributed by atoms with Crippen molar-refractivity contribution in [1.82, 2.24) is 10.2 Å². The third-order valence-corrected chi connectivity index (χ3v) is 5.44. The highest BCUT2D eigenvalue weighted by Crippen LogP contribution is 2.31. The number of nitrogens with two attached hydrogens (primary N) is 1. The van der Waals surface area contributed by atoms with Gasteiger partial charge in [-0.2, -0.15) is 0 Å². The Hall–Kier alpha value is -2.93. The Kier molecular flexibility index (Phi) is 7.79. The highest BCUT2D eigenvalue weighted by molar-refractivity contribution is 5.77. The lowest BCUT2D eigenvalue weighted by molar-refractivity contribution is 0.239. The Morgan fingerprint density at radius 3 is 2.40 bits per heavy atom. The van der Waals surface area contributed by atoms with Gasteiger partial charge in [0.05, 0.1) is 33.9 Å². The molecular formula is C23H32N4O3. The van der Waals surface area contributed by atoms with Crippen LogP contribution in [0, 0.1) is 0 Å². The lowest BCUT2D eigenvalue weighted by Crippen LogP contribution is -2.40. The maximum Gasteiger partial charge on any atom is 0.188 e. The molecule has 7 nitrogen and oxygen atoms in total. The molecule has 0 aliphatic carbocycles. The van der Waals surface area contributed by atoms with E-state index in [-0.39, 0.29) is 6.04 Å². The van der Waals surface area contributed by atoms with Crippen molar-refractivity contribution in [1.29, 1.82) is 0 Å². The predicted molar refractivity (Wildman–Crippen MR) is 119 cm³/mol. The van der Waals surface area contributed by atoms with Crippen molar-refractivity contribution in [2.24, 2.45) is 10.7 Å². The average Bonchev–Trinajstić information content (AvgIpc) is 3.32. The first kappa shape index (κ1) is 21.8. The number of nitrogens with one attached hydrogen (secondary N) is 1. The Bertz CT molecular complexity index is 850. The minimum Gasteiger partial charge on any atom is -0.496 e. The number of hydrogen-bond acceptors (Lipinski definition) is 5. The van der Waals surface area contributed by atoms with Crippen molar-refractivity contribution in [3.8, 4) is 17.2 Å². The normalized spacial score (nSPS) is 15.6. The monoisotopic (exact) mass is 412 g/mol. The minimum atomic E-state index is 0.179. The number of ether oxygens (including phenoxy) is 3. The third-order valence-electron chi connectivity index (χ3n) is 5.44. The van der Waals surface area contributed by atoms with Gasteiger partial charge in [-0.05, 0) is 49.7 Å². The third kappa shape index (κ3) is 5.36. The summed E-state index contributed by atoms with van der Waals surface area (Å²) in [6.07, 6.45) is 2.43. The van der Waals surface area contributed by atoms with Gasteiger partial charge in [-0.15, -0.1) is 0 Å². The van der Waals surface area contributed by atoms with Gasteiger partial charge in [-0.1, -0.05) is 24.3 Å². The predicted octanol–water partition coefficient (Wildman–Crippen LogP) is 2.95. The van der Waals surface area contributed by atoms with E-state index in [0.29, 0.717) is 30.5 Å². The van der Waals surface area contributed by atoms with Crippen LogP contribution in [-0.2, 0) is 6.54 Å². The molecule has 1 aliphatic rings. The molecule has 7 heteroatoms. The van der Waals surface area contributed by atoms with E-state index in [1.165, 1.54) is 18.4 Å². The van der Waals surface area contributed by atoms with Crippen molar-refractivity contribution < 1.29 is 14.2 Å². The molecule has 1 fully saturated rings. The summed E-state index contributed by atoms with van der Waals surface area (Å²) < 4.78 is 16.2. The van der Waals surface area contributed by atoms with Crippen LogP contribution in [-0.4, -0.2) is 51.8 Å². The molecule has 2 aromatic carbocycles. The van der Waals surface area contributed by atoms with Gasteiger partial charge in [0.1, 0.15) is 5.75 Å². The highest BCUT2D eigenvalue weighted by Gasteiger charge is 2.25. The fourth-order valence-electron chi connectivity index (χ4n) is 3.84. The smallest absolute Gasteiger partial charge is 0.188 e. The Balaban J connectivity index is 1.67. The molecule has 1 atom stereocenters. The molecule has 0 radical (unpaired) electrons. The van der Waals surface area contributed by atoms with E-state index in [9.17, 15) is 0 Å². The number of guanidine groups is 1. The Morgan fingerprint density at radius 2 is 1.70 bits per heavy atom. The molecule has 0 bridgehead atoms. The van der Waals surface area contributed by atoms with Gasteiger partial charge < -0.3 is 25.3 Å². The summed E-state index contributed by atoms with van der Waals surface area (Å²) >= 11 is 0. The first-order valence-electron chi connectivity index (χ1n) is 10.3. The van der Waals surface area contributed by atoms with Crippen molar-refractivity contribution >= 4 is 5.96 Å². The van der Waals surface area contributed by atoms with E-state index in [2.05, 4.69) is 27.3 Å². The lowest BCUT2D eigenvalue weighted by Gasteiger charge is -2.29. The molecule has 2 aromatic rings. The molecule has 1 unspecified atom stereocenters. The number of methoxy groups -OCH3 is 3. The molecule has 1 aliphatic heterocycles. The Morgan fingerprint density at radius 1 is 1.00 bits per heavy atom. The number of benzene rings is 2. The van der Waals surface area contributed by atoms with Crippen LogP contribution in [0.5, 0.6) is 17.2 Å². The Labute approximate surface area is 178 Å². The maximum atomic E-state index is 6.18. The topological polar surface area (TPSA) is 81.3 Å². The van der Waals surface area contributed by atoms with Crippen molar-refractivity contribution in [2.75, 3.05) is 41.0 Å². The molecule has 1 heterocycles. The molecule has 30 heavy (non-hydrogen) atoms. The molecule has 0 spiro atoms. The second-order valence-corrected chi connectivity index (χ2v) is 7.27. The van der Waals surface area contributed by atoms with E-state index in [1.807, 2.05) is 30.3 Å². The van der Waals surface area contributed by atoms with Crippen LogP contribution in [0.15, 0.2) is 47.5 Å². The molecule has 0 amide bonds. The van der Waals surface area contributed by atoms with Gasteiger partial charge in [0.15, 0.2) is 17.5 Å². The molecule has 1 saturated heterocycles. The standard InChI is InChI=1S/C23H32N4O3/c1-28-20-9-5-4-8-18(20)19(27-12-6-7-13-27)16-26-23(24)25-15-17-10-11-21(29-2)22(14-17)30-3/h4-5,8-11,14,19H,6-7,12-13,15-16H2,1-3H3,(H3,24,25,26). The van der Waals surface area contributed by atoms with Crippen LogP contribution >= 0.6 is 0 Å². The van der Waals surface area contributed by atoms with Crippen LogP contribution in [0.4, 0.5) is 0 Å². The number of hydrogen-bond donors (Lipinski definition) is 2. The van der Waals surface area contributed by atoms with Crippen LogP contribution in [0.1, 0.15) is 30.0 Å². The second kappa shape index (κ2) is 10.7. The van der Waals surface area contributed by atoms with Gasteiger partial charge in [-0.25, -0.2) is 4.99 Å². The highest BCUT2D eigenvalue weighted by atomic mass is 16.5. The SMILES string of the molecule is COc1ccc(CN=C(N)NCC(c2ccccc2OC)N2CCCC2)cc1OC. The molecule has 0 saturated carbocycles. The largest absolute Gasteiger partial charge is 0.496 e. The average molecular weight is 413 g/mol. The summed E-state index contributed by atoms with van der Waals surface area (Å²) in [6.45, 7) is 3.28. The number of aliphatic imine (C=N–C) groups is 1. The molecule has 162 valence electrons. The zero-order valence-corrected chi connectivity index (χ0v) is 18.1. The fourth-order valence-corrected chi connectivity index (χ4v) is 3.84. The van der Waals surface area contributed by atoms with Gasteiger partial charge in [0, 0.05) is 12.1 Å². The molecule has 3 N–H and O–H groups in total. The van der Waals surface area contributed by atoms with Crippen molar-refractivity contribution in [3.63, 3.8) is 0 Å². The van der Waals surface area contributed by atoms with Crippen LogP contribution < -0.4 is 25.3 Å². The zero-order chi connectivity index (χ0) is 21.3. The van der Waals surface area contributed by atoms with Crippen molar-refractivity contribution in [3.05, 3.63) is 53.6 Å². The second-order valence-electron chi connectivity index (χ2n) is 7.27. The molecule has 3 rings (SSSR count). The van der Waals surface area contributed by atoms with E-state index in [1.54, 1.807) is 21.3 Å². The van der Waals surface area contributed by atoms with E-state index in [4.69, 9.17) is 19.9 Å². The minimum absolute atomic E-state index is 0.179. The fraction of sp³-hybridized carbons (Fsp3) is 0.435. The van der Waals surface area contributed by atoms with E-state index in [0.717, 1.165) is 24.4 Å². The van der Waals surface area contributed by atoms with Crippen LogP contribution in [0.2, 0.25) is 0 Å².